The third kappa shape index (κ3) is 2.42. The van der Waals surface area contributed by atoms with Gasteiger partial charge in [0.15, 0.2) is 0 Å². The van der Waals surface area contributed by atoms with E-state index < -0.39 is 0 Å². The van der Waals surface area contributed by atoms with E-state index in [2.05, 4.69) is 17.2 Å². The molecule has 0 bridgehead atoms. The molecule has 2 unspecified atom stereocenters. The predicted octanol–water partition coefficient (Wildman–Crippen LogP) is 4.01. The summed E-state index contributed by atoms with van der Waals surface area (Å²) < 4.78 is 13.7. The van der Waals surface area contributed by atoms with Gasteiger partial charge in [0.25, 0.3) is 0 Å². The zero-order valence-electron chi connectivity index (χ0n) is 10.9. The van der Waals surface area contributed by atoms with E-state index in [0.717, 1.165) is 35.4 Å². The van der Waals surface area contributed by atoms with E-state index in [1.54, 1.807) is 23.5 Å². The average molecular weight is 276 g/mol. The first-order chi connectivity index (χ1) is 9.29. The van der Waals surface area contributed by atoms with Crippen LogP contribution in [0.25, 0.3) is 0 Å². The van der Waals surface area contributed by atoms with Crippen LogP contribution in [0.4, 0.5) is 4.39 Å². The molecule has 1 N–H and O–H groups in total. The number of rotatable bonds is 4. The van der Waals surface area contributed by atoms with Gasteiger partial charge in [0.05, 0.1) is 6.04 Å². The van der Waals surface area contributed by atoms with Crippen LogP contribution in [0.2, 0.25) is 0 Å². The van der Waals surface area contributed by atoms with Gasteiger partial charge in [0, 0.05) is 17.6 Å². The van der Waals surface area contributed by atoms with E-state index >= 15 is 0 Å². The van der Waals surface area contributed by atoms with Gasteiger partial charge in [0.1, 0.15) is 10.8 Å². The Balaban J connectivity index is 1.81. The number of nitrogens with one attached hydrogen (secondary N) is 1. The summed E-state index contributed by atoms with van der Waals surface area (Å²) in [5, 5.41) is 6.75. The maximum Gasteiger partial charge on any atom is 0.126 e. The quantitative estimate of drug-likeness (QED) is 0.912. The number of hydrogen-bond acceptors (Lipinski definition) is 3. The molecular formula is C15H17FN2S. The second kappa shape index (κ2) is 5.39. The highest BCUT2D eigenvalue weighted by Crippen LogP contribution is 2.35. The number of aromatic nitrogens is 1. The molecule has 2 nitrogen and oxygen atoms in total. The first-order valence-corrected chi connectivity index (χ1v) is 7.60. The van der Waals surface area contributed by atoms with E-state index in [0.29, 0.717) is 0 Å². The summed E-state index contributed by atoms with van der Waals surface area (Å²) in [5.41, 5.74) is 2.00. The maximum atomic E-state index is 13.7. The van der Waals surface area contributed by atoms with Gasteiger partial charge < -0.3 is 5.32 Å². The predicted molar refractivity (Wildman–Crippen MR) is 75.7 cm³/mol. The van der Waals surface area contributed by atoms with Gasteiger partial charge in [-0.3, -0.25) is 0 Å². The fraction of sp³-hybridized carbons (Fsp3) is 0.400. The van der Waals surface area contributed by atoms with Crippen molar-refractivity contribution in [2.75, 3.05) is 0 Å². The molecule has 0 fully saturated rings. The van der Waals surface area contributed by atoms with Gasteiger partial charge in [-0.05, 0) is 36.5 Å². The molecule has 4 heteroatoms. The number of halogens is 1. The summed E-state index contributed by atoms with van der Waals surface area (Å²) >= 11 is 1.68. The van der Waals surface area contributed by atoms with E-state index in [1.165, 1.54) is 0 Å². The van der Waals surface area contributed by atoms with Crippen LogP contribution < -0.4 is 5.32 Å². The maximum absolute atomic E-state index is 13.7. The number of hydrogen-bond donors (Lipinski definition) is 1. The van der Waals surface area contributed by atoms with Crippen LogP contribution in [0.1, 0.15) is 48.0 Å². The van der Waals surface area contributed by atoms with Gasteiger partial charge in [-0.15, -0.1) is 11.3 Å². The fourth-order valence-electron chi connectivity index (χ4n) is 2.80. The van der Waals surface area contributed by atoms with E-state index in [-0.39, 0.29) is 17.9 Å². The number of thiazole rings is 1. The second-order valence-corrected chi connectivity index (χ2v) is 5.82. The molecule has 1 heterocycles. The molecule has 0 saturated heterocycles. The highest BCUT2D eigenvalue weighted by Gasteiger charge is 2.27. The molecule has 1 aliphatic carbocycles. The smallest absolute Gasteiger partial charge is 0.126 e. The van der Waals surface area contributed by atoms with Gasteiger partial charge >= 0.3 is 0 Å². The summed E-state index contributed by atoms with van der Waals surface area (Å²) in [7, 11) is 0. The lowest BCUT2D eigenvalue weighted by atomic mass is 10.1. The lowest BCUT2D eigenvalue weighted by Crippen LogP contribution is -2.24. The number of benzene rings is 1. The monoisotopic (exact) mass is 276 g/mol. The first-order valence-electron chi connectivity index (χ1n) is 6.72. The molecule has 1 aliphatic rings. The summed E-state index contributed by atoms with van der Waals surface area (Å²) in [6, 6.07) is 5.91. The van der Waals surface area contributed by atoms with Crippen molar-refractivity contribution in [3.8, 4) is 0 Å². The van der Waals surface area contributed by atoms with Gasteiger partial charge in [-0.25, -0.2) is 9.37 Å². The topological polar surface area (TPSA) is 24.9 Å². The van der Waals surface area contributed by atoms with Crippen LogP contribution in [0.3, 0.4) is 0 Å². The molecule has 0 amide bonds. The SMILES string of the molecule is CCC(NC1CCc2c(F)cccc21)c1nccs1. The van der Waals surface area contributed by atoms with Crippen molar-refractivity contribution >= 4 is 11.3 Å². The molecule has 1 aromatic carbocycles. The third-order valence-corrected chi connectivity index (χ3v) is 4.66. The third-order valence-electron chi connectivity index (χ3n) is 3.77. The molecule has 0 radical (unpaired) electrons. The summed E-state index contributed by atoms with van der Waals surface area (Å²) in [6.45, 7) is 2.15. The Morgan fingerprint density at radius 3 is 3.16 bits per heavy atom. The van der Waals surface area contributed by atoms with Crippen LogP contribution in [0, 0.1) is 5.82 Å². The summed E-state index contributed by atoms with van der Waals surface area (Å²) in [4.78, 5) is 4.38. The van der Waals surface area contributed by atoms with Crippen LogP contribution in [0.5, 0.6) is 0 Å². The fourth-order valence-corrected chi connectivity index (χ4v) is 3.58. The normalized spacial score (nSPS) is 19.4. The Morgan fingerprint density at radius 1 is 1.53 bits per heavy atom. The van der Waals surface area contributed by atoms with Crippen molar-refractivity contribution < 1.29 is 4.39 Å². The molecule has 100 valence electrons. The average Bonchev–Trinajstić information content (AvgIpc) is 3.06. The molecule has 2 atom stereocenters. The van der Waals surface area contributed by atoms with Crippen LogP contribution >= 0.6 is 11.3 Å². The Hall–Kier alpha value is -1.26. The minimum absolute atomic E-state index is 0.0657. The minimum atomic E-state index is -0.0657. The molecule has 0 spiro atoms. The van der Waals surface area contributed by atoms with Gasteiger partial charge in [-0.1, -0.05) is 19.1 Å². The van der Waals surface area contributed by atoms with Crippen molar-refractivity contribution in [1.29, 1.82) is 0 Å². The van der Waals surface area contributed by atoms with Crippen LogP contribution in [-0.2, 0) is 6.42 Å². The van der Waals surface area contributed by atoms with E-state index in [4.69, 9.17) is 0 Å². The van der Waals surface area contributed by atoms with Crippen molar-refractivity contribution in [2.45, 2.75) is 38.3 Å². The Kier molecular flexibility index (Phi) is 3.62. The van der Waals surface area contributed by atoms with Crippen LogP contribution in [0.15, 0.2) is 29.8 Å². The summed E-state index contributed by atoms with van der Waals surface area (Å²) in [6.07, 6.45) is 4.63. The second-order valence-electron chi connectivity index (χ2n) is 4.90. The lowest BCUT2D eigenvalue weighted by molar-refractivity contribution is 0.432. The van der Waals surface area contributed by atoms with Crippen molar-refractivity contribution in [2.24, 2.45) is 0 Å². The molecule has 3 rings (SSSR count). The van der Waals surface area contributed by atoms with E-state index in [1.807, 2.05) is 17.6 Å². The standard InChI is InChI=1S/C15H17FN2S/c1-2-13(15-17-8-9-19-15)18-14-7-6-10-11(14)4-3-5-12(10)16/h3-5,8-9,13-14,18H,2,6-7H2,1H3. The lowest BCUT2D eigenvalue weighted by Gasteiger charge is -2.21. The molecule has 0 saturated carbocycles. The molecule has 19 heavy (non-hydrogen) atoms. The number of nitrogens with zero attached hydrogens (tertiary/aromatic N) is 1. The Morgan fingerprint density at radius 2 is 2.42 bits per heavy atom. The Labute approximate surface area is 116 Å². The van der Waals surface area contributed by atoms with Crippen molar-refractivity contribution in [3.63, 3.8) is 0 Å². The van der Waals surface area contributed by atoms with Gasteiger partial charge in [0.2, 0.25) is 0 Å². The highest BCUT2D eigenvalue weighted by molar-refractivity contribution is 7.09. The highest BCUT2D eigenvalue weighted by atomic mass is 32.1. The van der Waals surface area contributed by atoms with E-state index in [9.17, 15) is 4.39 Å². The molecular weight excluding hydrogens is 259 g/mol. The van der Waals surface area contributed by atoms with Gasteiger partial charge in [-0.2, -0.15) is 0 Å². The van der Waals surface area contributed by atoms with Crippen LogP contribution in [-0.4, -0.2) is 4.98 Å². The number of fused-ring (bicyclic) bond motifs is 1. The zero-order valence-corrected chi connectivity index (χ0v) is 11.7. The first kappa shape index (κ1) is 12.8. The largest absolute Gasteiger partial charge is 0.301 e. The summed E-state index contributed by atoms with van der Waals surface area (Å²) in [5.74, 6) is -0.0657. The molecule has 2 aromatic rings. The zero-order chi connectivity index (χ0) is 13.2. The minimum Gasteiger partial charge on any atom is -0.301 e. The molecule has 1 aromatic heterocycles. The Bertz CT molecular complexity index is 553. The van der Waals surface area contributed by atoms with Crippen molar-refractivity contribution in [3.05, 3.63) is 51.7 Å². The molecule has 0 aliphatic heterocycles. The van der Waals surface area contributed by atoms with Crippen molar-refractivity contribution in [1.82, 2.24) is 10.3 Å².